The average Bonchev–Trinajstić information content (AvgIpc) is 3.24. The number of carboxylic acids is 1. The number of imide groups is 1. The van der Waals surface area contributed by atoms with Crippen molar-refractivity contribution in [3.63, 3.8) is 0 Å². The summed E-state index contributed by atoms with van der Waals surface area (Å²) in [6, 6.07) is 14.2. The summed E-state index contributed by atoms with van der Waals surface area (Å²) in [7, 11) is 0. The lowest BCUT2D eigenvalue weighted by molar-refractivity contribution is -0.127. The molecule has 3 aromatic rings. The highest BCUT2D eigenvalue weighted by Gasteiger charge is 2.36. The standard InChI is InChI=1S/C27H25N3O5S/c1-15-8-10-20(11-9-15)28-24(31)14-29-25(32)23(36-27(29)35)13-19-12-16(2)30(18(19)4)22-7-5-6-21(17(22)3)26(33)34/h5-13H,14H2,1-4H3,(H,28,31)(H,33,34)/b23-13+. The topological polar surface area (TPSA) is 109 Å². The van der Waals surface area contributed by atoms with Crippen LogP contribution >= 0.6 is 11.8 Å². The van der Waals surface area contributed by atoms with Crippen LogP contribution in [0.15, 0.2) is 53.4 Å². The molecule has 3 amide bonds. The number of hydrogen-bond acceptors (Lipinski definition) is 5. The van der Waals surface area contributed by atoms with E-state index in [0.29, 0.717) is 11.3 Å². The van der Waals surface area contributed by atoms with Crippen LogP contribution < -0.4 is 5.32 Å². The second-order valence-corrected chi connectivity index (χ2v) is 9.59. The molecule has 1 aromatic heterocycles. The third-order valence-corrected chi connectivity index (χ3v) is 6.95. The normalized spacial score (nSPS) is 14.6. The van der Waals surface area contributed by atoms with Gasteiger partial charge in [0.05, 0.1) is 10.5 Å². The molecule has 0 bridgehead atoms. The molecule has 0 spiro atoms. The van der Waals surface area contributed by atoms with Gasteiger partial charge in [0.25, 0.3) is 11.1 Å². The number of rotatable bonds is 6. The largest absolute Gasteiger partial charge is 0.478 e. The van der Waals surface area contributed by atoms with Crippen LogP contribution in [0, 0.1) is 27.7 Å². The average molecular weight is 504 g/mol. The van der Waals surface area contributed by atoms with E-state index in [2.05, 4.69) is 5.32 Å². The molecule has 2 N–H and O–H groups in total. The number of carboxylic acid groups (broad SMARTS) is 1. The summed E-state index contributed by atoms with van der Waals surface area (Å²) in [5.41, 5.74) is 5.57. The molecule has 1 aliphatic heterocycles. The van der Waals surface area contributed by atoms with E-state index < -0.39 is 23.0 Å². The van der Waals surface area contributed by atoms with Crippen molar-refractivity contribution in [2.45, 2.75) is 27.7 Å². The van der Waals surface area contributed by atoms with Gasteiger partial charge in [-0.1, -0.05) is 23.8 Å². The van der Waals surface area contributed by atoms with Crippen molar-refractivity contribution >= 4 is 46.5 Å². The van der Waals surface area contributed by atoms with E-state index >= 15 is 0 Å². The highest BCUT2D eigenvalue weighted by molar-refractivity contribution is 8.18. The summed E-state index contributed by atoms with van der Waals surface area (Å²) in [6.07, 6.45) is 1.64. The van der Waals surface area contributed by atoms with Gasteiger partial charge in [0.1, 0.15) is 6.54 Å². The van der Waals surface area contributed by atoms with Gasteiger partial charge in [-0.25, -0.2) is 4.79 Å². The maximum atomic E-state index is 13.0. The number of aromatic carboxylic acids is 1. The van der Waals surface area contributed by atoms with Gasteiger partial charge in [0.2, 0.25) is 5.91 Å². The van der Waals surface area contributed by atoms with Crippen LogP contribution in [-0.2, 0) is 9.59 Å². The smallest absolute Gasteiger partial charge is 0.336 e. The van der Waals surface area contributed by atoms with Gasteiger partial charge in [0, 0.05) is 22.8 Å². The van der Waals surface area contributed by atoms with Gasteiger partial charge in [-0.15, -0.1) is 0 Å². The van der Waals surface area contributed by atoms with Crippen molar-refractivity contribution in [2.24, 2.45) is 0 Å². The molecule has 2 aromatic carbocycles. The van der Waals surface area contributed by atoms with Crippen molar-refractivity contribution in [1.29, 1.82) is 0 Å². The van der Waals surface area contributed by atoms with Crippen LogP contribution in [0.3, 0.4) is 0 Å². The summed E-state index contributed by atoms with van der Waals surface area (Å²) >= 11 is 0.788. The van der Waals surface area contributed by atoms with E-state index in [9.17, 15) is 24.3 Å². The highest BCUT2D eigenvalue weighted by Crippen LogP contribution is 2.34. The molecule has 36 heavy (non-hydrogen) atoms. The number of aromatic nitrogens is 1. The summed E-state index contributed by atoms with van der Waals surface area (Å²) in [5.74, 6) is -2.00. The minimum Gasteiger partial charge on any atom is -0.478 e. The minimum absolute atomic E-state index is 0.214. The van der Waals surface area contributed by atoms with Crippen LogP contribution in [0.2, 0.25) is 0 Å². The maximum absolute atomic E-state index is 13.0. The summed E-state index contributed by atoms with van der Waals surface area (Å²) in [4.78, 5) is 50.7. The molecular weight excluding hydrogens is 478 g/mol. The Morgan fingerprint density at radius 3 is 2.39 bits per heavy atom. The van der Waals surface area contributed by atoms with Gasteiger partial charge in [-0.2, -0.15) is 0 Å². The summed E-state index contributed by atoms with van der Waals surface area (Å²) in [5, 5.41) is 11.7. The van der Waals surface area contributed by atoms with E-state index in [1.165, 1.54) is 0 Å². The molecular formula is C27H25N3O5S. The maximum Gasteiger partial charge on any atom is 0.336 e. The number of aryl methyl sites for hydroxylation is 2. The third kappa shape index (κ3) is 4.83. The lowest BCUT2D eigenvalue weighted by Gasteiger charge is -2.14. The number of anilines is 1. The Morgan fingerprint density at radius 1 is 1.03 bits per heavy atom. The first-order chi connectivity index (χ1) is 17.1. The number of carbonyl (C=O) groups is 4. The number of hydrogen-bond donors (Lipinski definition) is 2. The van der Waals surface area contributed by atoms with Gasteiger partial charge >= 0.3 is 5.97 Å². The highest BCUT2D eigenvalue weighted by atomic mass is 32.2. The lowest BCUT2D eigenvalue weighted by Crippen LogP contribution is -2.36. The van der Waals surface area contributed by atoms with Crippen LogP contribution in [-0.4, -0.2) is 44.1 Å². The Hall–Kier alpha value is -4.11. The third-order valence-electron chi connectivity index (χ3n) is 6.04. The van der Waals surface area contributed by atoms with Crippen LogP contribution in [0.5, 0.6) is 0 Å². The fourth-order valence-electron chi connectivity index (χ4n) is 4.16. The molecule has 184 valence electrons. The Balaban J connectivity index is 1.57. The Labute approximate surface area is 212 Å². The molecule has 0 atom stereocenters. The lowest BCUT2D eigenvalue weighted by atomic mass is 10.1. The molecule has 0 radical (unpaired) electrons. The molecule has 1 saturated heterocycles. The van der Waals surface area contributed by atoms with Crippen molar-refractivity contribution in [3.05, 3.63) is 87.1 Å². The van der Waals surface area contributed by atoms with Gasteiger partial charge < -0.3 is 15.0 Å². The first-order valence-electron chi connectivity index (χ1n) is 11.2. The monoisotopic (exact) mass is 503 g/mol. The first-order valence-corrected chi connectivity index (χ1v) is 12.0. The number of nitrogens with one attached hydrogen (secondary N) is 1. The fourth-order valence-corrected chi connectivity index (χ4v) is 4.99. The van der Waals surface area contributed by atoms with E-state index in [-0.39, 0.29) is 17.0 Å². The Bertz CT molecular complexity index is 1440. The zero-order chi connectivity index (χ0) is 26.1. The van der Waals surface area contributed by atoms with E-state index in [1.54, 1.807) is 37.3 Å². The SMILES string of the molecule is Cc1ccc(NC(=O)CN2C(=O)S/C(=C/c3cc(C)n(-c4cccc(C(=O)O)c4C)c3C)C2=O)cc1. The van der Waals surface area contributed by atoms with E-state index in [4.69, 9.17) is 0 Å². The van der Waals surface area contributed by atoms with E-state index in [0.717, 1.165) is 44.9 Å². The second kappa shape index (κ2) is 9.87. The number of benzene rings is 2. The molecule has 2 heterocycles. The van der Waals surface area contributed by atoms with Gasteiger partial charge in [0.15, 0.2) is 0 Å². The molecule has 1 aliphatic rings. The quantitative estimate of drug-likeness (QED) is 0.454. The van der Waals surface area contributed by atoms with E-state index in [1.807, 2.05) is 49.6 Å². The molecule has 8 nitrogen and oxygen atoms in total. The van der Waals surface area contributed by atoms with Crippen LogP contribution in [0.4, 0.5) is 10.5 Å². The van der Waals surface area contributed by atoms with Gasteiger partial charge in [-0.05, 0) is 87.0 Å². The zero-order valence-electron chi connectivity index (χ0n) is 20.3. The minimum atomic E-state index is -1.00. The number of nitrogens with zero attached hydrogens (tertiary/aromatic N) is 2. The predicted octanol–water partition coefficient (Wildman–Crippen LogP) is 5.08. The molecule has 4 rings (SSSR count). The fraction of sp³-hybridized carbons (Fsp3) is 0.185. The Morgan fingerprint density at radius 2 is 1.72 bits per heavy atom. The number of thioether (sulfide) groups is 1. The Kier molecular flexibility index (Phi) is 6.85. The van der Waals surface area contributed by atoms with Crippen molar-refractivity contribution in [1.82, 2.24) is 9.47 Å². The predicted molar refractivity (Wildman–Crippen MR) is 139 cm³/mol. The van der Waals surface area contributed by atoms with Crippen LogP contribution in [0.25, 0.3) is 11.8 Å². The molecule has 9 heteroatoms. The molecule has 1 fully saturated rings. The number of carbonyl (C=O) groups excluding carboxylic acids is 3. The second-order valence-electron chi connectivity index (χ2n) is 8.60. The van der Waals surface area contributed by atoms with Crippen molar-refractivity contribution in [3.8, 4) is 5.69 Å². The summed E-state index contributed by atoms with van der Waals surface area (Å²) < 4.78 is 1.92. The van der Waals surface area contributed by atoms with Crippen LogP contribution in [0.1, 0.15) is 38.4 Å². The summed E-state index contributed by atoms with van der Waals surface area (Å²) in [6.45, 7) is 7.06. The van der Waals surface area contributed by atoms with Crippen molar-refractivity contribution in [2.75, 3.05) is 11.9 Å². The van der Waals surface area contributed by atoms with Crippen molar-refractivity contribution < 1.29 is 24.3 Å². The molecule has 0 aliphatic carbocycles. The molecule has 0 saturated carbocycles. The van der Waals surface area contributed by atoms with Gasteiger partial charge in [-0.3, -0.25) is 19.3 Å². The number of amides is 3. The zero-order valence-corrected chi connectivity index (χ0v) is 21.1. The first kappa shape index (κ1) is 25.0. The molecule has 0 unspecified atom stereocenters.